The third-order valence-electron chi connectivity index (χ3n) is 4.12. The number of carbonyl (C=O) groups excluding carboxylic acids is 2. The molecule has 0 aliphatic heterocycles. The number of alkyl carbamates (subject to hydrolysis) is 1. The standard InChI is InChI=1S/C19H18N4O4S/c24-15(10-20-19(25)26-11-12-4-2-1-3-5-12)21-14-8-9-28-16(14)18-22-17(23-27-18)13-6-7-13/h1-5,8-9,13H,6-7,10-11H2,(H,20,25)(H,21,24). The van der Waals surface area contributed by atoms with Crippen LogP contribution in [-0.2, 0) is 16.1 Å². The van der Waals surface area contributed by atoms with Gasteiger partial charge in [-0.05, 0) is 29.9 Å². The van der Waals surface area contributed by atoms with Crippen molar-refractivity contribution in [3.8, 4) is 10.8 Å². The zero-order valence-electron chi connectivity index (χ0n) is 14.9. The van der Waals surface area contributed by atoms with Crippen LogP contribution < -0.4 is 10.6 Å². The van der Waals surface area contributed by atoms with Gasteiger partial charge in [0.05, 0.1) is 5.69 Å². The van der Waals surface area contributed by atoms with Gasteiger partial charge in [-0.2, -0.15) is 4.98 Å². The van der Waals surface area contributed by atoms with E-state index in [2.05, 4.69) is 20.8 Å². The van der Waals surface area contributed by atoms with Crippen molar-refractivity contribution in [2.75, 3.05) is 11.9 Å². The summed E-state index contributed by atoms with van der Waals surface area (Å²) < 4.78 is 10.4. The van der Waals surface area contributed by atoms with Crippen LogP contribution in [0.5, 0.6) is 0 Å². The van der Waals surface area contributed by atoms with Gasteiger partial charge in [0.15, 0.2) is 5.82 Å². The van der Waals surface area contributed by atoms with Crippen LogP contribution in [0.25, 0.3) is 10.8 Å². The summed E-state index contributed by atoms with van der Waals surface area (Å²) in [6.45, 7) is -0.0659. The number of ether oxygens (including phenoxy) is 1. The van der Waals surface area contributed by atoms with Gasteiger partial charge in [-0.25, -0.2) is 4.79 Å². The van der Waals surface area contributed by atoms with Crippen LogP contribution in [0.2, 0.25) is 0 Å². The summed E-state index contributed by atoms with van der Waals surface area (Å²) in [5, 5.41) is 11.0. The van der Waals surface area contributed by atoms with Crippen molar-refractivity contribution in [3.63, 3.8) is 0 Å². The second kappa shape index (κ2) is 8.22. The van der Waals surface area contributed by atoms with Crippen molar-refractivity contribution in [1.82, 2.24) is 15.5 Å². The van der Waals surface area contributed by atoms with Gasteiger partial charge in [0.2, 0.25) is 5.91 Å². The zero-order valence-corrected chi connectivity index (χ0v) is 15.7. The van der Waals surface area contributed by atoms with E-state index in [1.807, 2.05) is 35.7 Å². The Balaban J connectivity index is 1.27. The quantitative estimate of drug-likeness (QED) is 0.630. The maximum absolute atomic E-state index is 12.2. The van der Waals surface area contributed by atoms with Gasteiger partial charge in [0.25, 0.3) is 5.89 Å². The lowest BCUT2D eigenvalue weighted by Gasteiger charge is -2.08. The summed E-state index contributed by atoms with van der Waals surface area (Å²) in [6.07, 6.45) is 1.51. The number of hydrogen-bond acceptors (Lipinski definition) is 7. The molecular formula is C19H18N4O4S. The molecule has 9 heteroatoms. The lowest BCUT2D eigenvalue weighted by atomic mass is 10.2. The molecule has 1 fully saturated rings. The van der Waals surface area contributed by atoms with Crippen LogP contribution in [0.4, 0.5) is 10.5 Å². The first-order chi connectivity index (χ1) is 13.7. The molecule has 3 aromatic rings. The number of thiophene rings is 1. The summed E-state index contributed by atoms with van der Waals surface area (Å²) in [5.74, 6) is 1.12. The topological polar surface area (TPSA) is 106 Å². The van der Waals surface area contributed by atoms with Crippen molar-refractivity contribution < 1.29 is 18.8 Å². The number of rotatable bonds is 7. The van der Waals surface area contributed by atoms with E-state index in [1.165, 1.54) is 11.3 Å². The van der Waals surface area contributed by atoms with E-state index in [9.17, 15) is 9.59 Å². The highest BCUT2D eigenvalue weighted by Crippen LogP contribution is 2.40. The van der Waals surface area contributed by atoms with Crippen molar-refractivity contribution in [2.24, 2.45) is 0 Å². The average Bonchev–Trinajstić information content (AvgIpc) is 3.27. The smallest absolute Gasteiger partial charge is 0.407 e. The van der Waals surface area contributed by atoms with Gasteiger partial charge in [-0.1, -0.05) is 35.5 Å². The van der Waals surface area contributed by atoms with E-state index in [1.54, 1.807) is 6.07 Å². The first kappa shape index (κ1) is 18.2. The molecule has 0 bridgehead atoms. The molecule has 2 N–H and O–H groups in total. The van der Waals surface area contributed by atoms with E-state index in [0.717, 1.165) is 18.4 Å². The number of aromatic nitrogens is 2. The van der Waals surface area contributed by atoms with E-state index in [0.29, 0.717) is 28.2 Å². The zero-order chi connectivity index (χ0) is 19.3. The highest BCUT2D eigenvalue weighted by molar-refractivity contribution is 7.14. The first-order valence-corrected chi connectivity index (χ1v) is 9.73. The summed E-state index contributed by atoms with van der Waals surface area (Å²) in [7, 11) is 0. The van der Waals surface area contributed by atoms with Gasteiger partial charge in [-0.3, -0.25) is 4.79 Å². The molecule has 1 aliphatic carbocycles. The van der Waals surface area contributed by atoms with Crippen molar-refractivity contribution in [3.05, 3.63) is 53.2 Å². The number of hydrogen-bond donors (Lipinski definition) is 2. The molecule has 1 aromatic carbocycles. The van der Waals surface area contributed by atoms with Gasteiger partial charge in [0.1, 0.15) is 18.0 Å². The molecule has 144 valence electrons. The number of nitrogens with one attached hydrogen (secondary N) is 2. The maximum atomic E-state index is 12.2. The maximum Gasteiger partial charge on any atom is 0.407 e. The fraction of sp³-hybridized carbons (Fsp3) is 0.263. The second-order valence-electron chi connectivity index (χ2n) is 6.36. The Morgan fingerprint density at radius 3 is 2.82 bits per heavy atom. The number of carbonyl (C=O) groups is 2. The van der Waals surface area contributed by atoms with Crippen molar-refractivity contribution in [1.29, 1.82) is 0 Å². The average molecular weight is 398 g/mol. The molecule has 0 saturated heterocycles. The van der Waals surface area contributed by atoms with Gasteiger partial charge >= 0.3 is 6.09 Å². The number of amides is 2. The molecule has 2 heterocycles. The second-order valence-corrected chi connectivity index (χ2v) is 7.27. The third-order valence-corrected chi connectivity index (χ3v) is 5.03. The normalized spacial score (nSPS) is 13.1. The number of nitrogens with zero attached hydrogens (tertiary/aromatic N) is 2. The molecule has 0 unspecified atom stereocenters. The highest BCUT2D eigenvalue weighted by atomic mass is 32.1. The molecule has 2 amide bonds. The molecule has 4 rings (SSSR count). The Hall–Kier alpha value is -3.20. The Labute approximate surface area is 164 Å². The van der Waals surface area contributed by atoms with Gasteiger partial charge < -0.3 is 19.9 Å². The van der Waals surface area contributed by atoms with Crippen LogP contribution >= 0.6 is 11.3 Å². The summed E-state index contributed by atoms with van der Waals surface area (Å²) in [6, 6.07) is 11.1. The molecule has 1 aliphatic rings. The van der Waals surface area contributed by atoms with E-state index >= 15 is 0 Å². The first-order valence-electron chi connectivity index (χ1n) is 8.85. The molecule has 0 spiro atoms. The van der Waals surface area contributed by atoms with Gasteiger partial charge in [0, 0.05) is 5.92 Å². The molecule has 0 atom stereocenters. The van der Waals surface area contributed by atoms with Crippen molar-refractivity contribution in [2.45, 2.75) is 25.4 Å². The number of benzene rings is 1. The molecule has 8 nitrogen and oxygen atoms in total. The van der Waals surface area contributed by atoms with E-state index in [4.69, 9.17) is 9.26 Å². The SMILES string of the molecule is O=C(CNC(=O)OCc1ccccc1)Nc1ccsc1-c1nc(C2CC2)no1. The highest BCUT2D eigenvalue weighted by Gasteiger charge is 2.29. The minimum atomic E-state index is -0.657. The molecule has 28 heavy (non-hydrogen) atoms. The molecule has 1 saturated carbocycles. The monoisotopic (exact) mass is 398 g/mol. The minimum absolute atomic E-state index is 0.142. The van der Waals surface area contributed by atoms with Crippen LogP contribution in [0, 0.1) is 0 Å². The van der Waals surface area contributed by atoms with Crippen LogP contribution in [-0.4, -0.2) is 28.7 Å². The van der Waals surface area contributed by atoms with Crippen LogP contribution in [0.1, 0.15) is 30.1 Å². The fourth-order valence-electron chi connectivity index (χ4n) is 2.53. The Kier molecular flexibility index (Phi) is 5.34. The molecule has 2 aromatic heterocycles. The molecule has 0 radical (unpaired) electrons. The fourth-order valence-corrected chi connectivity index (χ4v) is 3.30. The largest absolute Gasteiger partial charge is 0.445 e. The summed E-state index contributed by atoms with van der Waals surface area (Å²) >= 11 is 1.40. The Morgan fingerprint density at radius 2 is 2.04 bits per heavy atom. The van der Waals surface area contributed by atoms with Crippen molar-refractivity contribution >= 4 is 29.0 Å². The predicted octanol–water partition coefficient (Wildman–Crippen LogP) is 3.54. The lowest BCUT2D eigenvalue weighted by Crippen LogP contribution is -2.33. The van der Waals surface area contributed by atoms with Crippen LogP contribution in [0.3, 0.4) is 0 Å². The Bertz CT molecular complexity index is 965. The van der Waals surface area contributed by atoms with Crippen LogP contribution in [0.15, 0.2) is 46.3 Å². The third kappa shape index (κ3) is 4.55. The lowest BCUT2D eigenvalue weighted by molar-refractivity contribution is -0.115. The number of anilines is 1. The van der Waals surface area contributed by atoms with Gasteiger partial charge in [-0.15, -0.1) is 11.3 Å². The predicted molar refractivity (Wildman–Crippen MR) is 103 cm³/mol. The Morgan fingerprint density at radius 1 is 1.21 bits per heavy atom. The van der Waals surface area contributed by atoms with E-state index < -0.39 is 6.09 Å². The summed E-state index contributed by atoms with van der Waals surface area (Å²) in [4.78, 5) is 29.0. The minimum Gasteiger partial charge on any atom is -0.445 e. The van der Waals surface area contributed by atoms with E-state index in [-0.39, 0.29) is 19.1 Å². The molecular weight excluding hydrogens is 380 g/mol. The summed E-state index contributed by atoms with van der Waals surface area (Å²) in [5.41, 5.74) is 1.44.